The molecule has 2 amide bonds. The van der Waals surface area contributed by atoms with E-state index in [0.29, 0.717) is 11.4 Å². The van der Waals surface area contributed by atoms with Crippen molar-refractivity contribution in [2.75, 3.05) is 24.7 Å². The molecule has 136 valence electrons. The number of nitro benzene ring substituents is 1. The lowest BCUT2D eigenvalue weighted by Gasteiger charge is -2.10. The molecule has 26 heavy (non-hydrogen) atoms. The van der Waals surface area contributed by atoms with Crippen LogP contribution in [0, 0.1) is 10.1 Å². The molecule has 2 aromatic carbocycles. The number of nitrogens with one attached hydrogen (secondary N) is 3. The highest BCUT2D eigenvalue weighted by atomic mass is 16.6. The van der Waals surface area contributed by atoms with Gasteiger partial charge in [-0.2, -0.15) is 0 Å². The van der Waals surface area contributed by atoms with Crippen LogP contribution in [0.15, 0.2) is 42.5 Å². The zero-order chi connectivity index (χ0) is 19.1. The maximum atomic E-state index is 12.0. The van der Waals surface area contributed by atoms with Crippen LogP contribution in [0.25, 0.3) is 0 Å². The van der Waals surface area contributed by atoms with Gasteiger partial charge in [-0.3, -0.25) is 30.6 Å². The summed E-state index contributed by atoms with van der Waals surface area (Å²) in [7, 11) is 1.53. The van der Waals surface area contributed by atoms with Crippen LogP contribution in [0.2, 0.25) is 0 Å². The lowest BCUT2D eigenvalue weighted by molar-refractivity contribution is -0.383. The molecule has 0 aromatic heterocycles. The number of carbonyl (C=O) groups excluding carboxylic acids is 2. The second-order valence-electron chi connectivity index (χ2n) is 5.12. The molecule has 0 radical (unpaired) electrons. The van der Waals surface area contributed by atoms with Crippen LogP contribution in [-0.4, -0.2) is 30.4 Å². The number of ether oxygens (including phenoxy) is 1. The molecule has 0 bridgehead atoms. The number of hydrogen-bond donors (Lipinski definition) is 4. The average Bonchev–Trinajstić information content (AvgIpc) is 2.64. The summed E-state index contributed by atoms with van der Waals surface area (Å²) < 4.78 is 5.07. The van der Waals surface area contributed by atoms with E-state index >= 15 is 0 Å². The summed E-state index contributed by atoms with van der Waals surface area (Å²) in [5.41, 5.74) is 10.1. The number of methoxy groups -OCH3 is 1. The topological polar surface area (TPSA) is 149 Å². The van der Waals surface area contributed by atoms with Gasteiger partial charge in [0.15, 0.2) is 0 Å². The van der Waals surface area contributed by atoms with E-state index in [9.17, 15) is 19.7 Å². The zero-order valence-corrected chi connectivity index (χ0v) is 13.8. The quantitative estimate of drug-likeness (QED) is 0.342. The molecule has 2 rings (SSSR count). The van der Waals surface area contributed by atoms with Crippen molar-refractivity contribution >= 4 is 28.9 Å². The van der Waals surface area contributed by atoms with Gasteiger partial charge in [-0.15, -0.1) is 0 Å². The molecule has 0 spiro atoms. The first kappa shape index (κ1) is 18.5. The lowest BCUT2D eigenvalue weighted by atomic mass is 10.1. The van der Waals surface area contributed by atoms with Gasteiger partial charge in [-0.25, -0.2) is 0 Å². The highest BCUT2D eigenvalue weighted by Crippen LogP contribution is 2.22. The first-order valence-electron chi connectivity index (χ1n) is 7.41. The van der Waals surface area contributed by atoms with Gasteiger partial charge in [0.25, 0.3) is 17.5 Å². The van der Waals surface area contributed by atoms with E-state index in [1.165, 1.54) is 19.2 Å². The Labute approximate surface area is 148 Å². The zero-order valence-electron chi connectivity index (χ0n) is 13.8. The summed E-state index contributed by atoms with van der Waals surface area (Å²) in [6.07, 6.45) is 0. The maximum absolute atomic E-state index is 12.0. The molecule has 10 nitrogen and oxygen atoms in total. The van der Waals surface area contributed by atoms with Gasteiger partial charge in [0.1, 0.15) is 11.4 Å². The molecule has 0 unspecified atom stereocenters. The second kappa shape index (κ2) is 8.33. The van der Waals surface area contributed by atoms with Crippen molar-refractivity contribution in [2.24, 2.45) is 0 Å². The van der Waals surface area contributed by atoms with Gasteiger partial charge in [-0.1, -0.05) is 6.07 Å². The fourth-order valence-electron chi connectivity index (χ4n) is 2.00. The Hall–Kier alpha value is -3.82. The van der Waals surface area contributed by atoms with E-state index in [-0.39, 0.29) is 23.5 Å². The molecule has 0 aliphatic heterocycles. The fourth-order valence-corrected chi connectivity index (χ4v) is 2.00. The van der Waals surface area contributed by atoms with Crippen LogP contribution in [0.4, 0.5) is 17.1 Å². The molecule has 10 heteroatoms. The third-order valence-electron chi connectivity index (χ3n) is 3.33. The molecule has 0 heterocycles. The molecule has 0 aliphatic carbocycles. The number of nitrogens with two attached hydrogens (primary N) is 1. The molecular formula is C16H17N5O5. The lowest BCUT2D eigenvalue weighted by Crippen LogP contribution is -2.44. The van der Waals surface area contributed by atoms with Crippen LogP contribution >= 0.6 is 0 Å². The normalized spacial score (nSPS) is 9.88. The summed E-state index contributed by atoms with van der Waals surface area (Å²) >= 11 is 0. The summed E-state index contributed by atoms with van der Waals surface area (Å²) in [6.45, 7) is -0.102. The van der Waals surface area contributed by atoms with Crippen molar-refractivity contribution in [1.29, 1.82) is 0 Å². The van der Waals surface area contributed by atoms with E-state index < -0.39 is 16.7 Å². The highest BCUT2D eigenvalue weighted by molar-refractivity contribution is 5.96. The SMILES string of the molecule is COc1cccc(NCC(=O)NNC(=O)c2ccc(N)c([N+](=O)[O-])c2)c1. The van der Waals surface area contributed by atoms with Crippen molar-refractivity contribution in [3.8, 4) is 5.75 Å². The predicted octanol–water partition coefficient (Wildman–Crippen LogP) is 1.06. The molecule has 0 fully saturated rings. The van der Waals surface area contributed by atoms with Crippen LogP contribution < -0.4 is 26.6 Å². The number of nitrogen functional groups attached to an aromatic ring is 1. The second-order valence-corrected chi connectivity index (χ2v) is 5.12. The molecule has 0 aliphatic rings. The molecule has 5 N–H and O–H groups in total. The maximum Gasteiger partial charge on any atom is 0.292 e. The Kier molecular flexibility index (Phi) is 5.93. The van der Waals surface area contributed by atoms with Gasteiger partial charge in [0, 0.05) is 23.4 Å². The summed E-state index contributed by atoms with van der Waals surface area (Å²) in [4.78, 5) is 33.9. The molecule has 2 aromatic rings. The van der Waals surface area contributed by atoms with Crippen molar-refractivity contribution in [3.05, 3.63) is 58.1 Å². The van der Waals surface area contributed by atoms with Crippen LogP contribution in [0.3, 0.4) is 0 Å². The number of anilines is 2. The van der Waals surface area contributed by atoms with E-state index in [1.807, 2.05) is 0 Å². The Morgan fingerprint density at radius 3 is 2.65 bits per heavy atom. The number of rotatable bonds is 6. The largest absolute Gasteiger partial charge is 0.497 e. The number of hydrogen-bond acceptors (Lipinski definition) is 7. The number of nitrogens with zero attached hydrogens (tertiary/aromatic N) is 1. The van der Waals surface area contributed by atoms with Crippen LogP contribution in [0.5, 0.6) is 5.75 Å². The van der Waals surface area contributed by atoms with Crippen LogP contribution in [0.1, 0.15) is 10.4 Å². The Morgan fingerprint density at radius 2 is 1.96 bits per heavy atom. The minimum absolute atomic E-state index is 0.00745. The Morgan fingerprint density at radius 1 is 1.19 bits per heavy atom. The number of hydrazine groups is 1. The van der Waals surface area contributed by atoms with Crippen LogP contribution in [-0.2, 0) is 4.79 Å². The number of benzene rings is 2. The third kappa shape index (κ3) is 4.84. The van der Waals surface area contributed by atoms with E-state index in [1.54, 1.807) is 24.3 Å². The molecule has 0 saturated heterocycles. The Balaban J connectivity index is 1.87. The monoisotopic (exact) mass is 359 g/mol. The van der Waals surface area contributed by atoms with Gasteiger partial charge in [-0.05, 0) is 24.3 Å². The number of amides is 2. The standard InChI is InChI=1S/C16H17N5O5/c1-26-12-4-2-3-11(8-12)18-9-15(22)19-20-16(23)10-5-6-13(17)14(7-10)21(24)25/h2-8,18H,9,17H2,1H3,(H,19,22)(H,20,23). The first-order chi connectivity index (χ1) is 12.4. The van der Waals surface area contributed by atoms with Crippen molar-refractivity contribution in [2.45, 2.75) is 0 Å². The van der Waals surface area contributed by atoms with Gasteiger partial charge in [0.05, 0.1) is 18.6 Å². The minimum atomic E-state index is -0.706. The number of carbonyl (C=O) groups is 2. The first-order valence-corrected chi connectivity index (χ1v) is 7.41. The van der Waals surface area contributed by atoms with Gasteiger partial charge >= 0.3 is 0 Å². The van der Waals surface area contributed by atoms with Crippen molar-refractivity contribution in [3.63, 3.8) is 0 Å². The third-order valence-corrected chi connectivity index (χ3v) is 3.33. The molecule has 0 saturated carbocycles. The van der Waals surface area contributed by atoms with E-state index in [2.05, 4.69) is 16.2 Å². The minimum Gasteiger partial charge on any atom is -0.497 e. The smallest absolute Gasteiger partial charge is 0.292 e. The highest BCUT2D eigenvalue weighted by Gasteiger charge is 2.16. The van der Waals surface area contributed by atoms with E-state index in [4.69, 9.17) is 10.5 Å². The van der Waals surface area contributed by atoms with E-state index in [0.717, 1.165) is 6.07 Å². The van der Waals surface area contributed by atoms with Gasteiger partial charge < -0.3 is 15.8 Å². The summed E-state index contributed by atoms with van der Waals surface area (Å²) in [5, 5.41) is 13.7. The van der Waals surface area contributed by atoms with Crippen molar-refractivity contribution < 1.29 is 19.2 Å². The van der Waals surface area contributed by atoms with Gasteiger partial charge in [0.2, 0.25) is 0 Å². The van der Waals surface area contributed by atoms with Crippen molar-refractivity contribution in [1.82, 2.24) is 10.9 Å². The summed E-state index contributed by atoms with van der Waals surface area (Å²) in [6, 6.07) is 10.6. The number of nitro groups is 1. The average molecular weight is 359 g/mol. The molecular weight excluding hydrogens is 342 g/mol. The summed E-state index contributed by atoms with van der Waals surface area (Å²) in [5.74, 6) is -0.581. The predicted molar refractivity (Wildman–Crippen MR) is 94.6 cm³/mol. The fraction of sp³-hybridized carbons (Fsp3) is 0.125. The Bertz CT molecular complexity index is 840. The molecule has 0 atom stereocenters.